The normalized spacial score (nSPS) is 23.7. The van der Waals surface area contributed by atoms with Crippen LogP contribution in [0.1, 0.15) is 47.5 Å². The van der Waals surface area contributed by atoms with Gasteiger partial charge < -0.3 is 23.5 Å². The van der Waals surface area contributed by atoms with Crippen LogP contribution < -0.4 is 10.2 Å². The molecule has 1 aliphatic carbocycles. The van der Waals surface area contributed by atoms with Crippen LogP contribution in [-0.4, -0.2) is 50.2 Å². The molecular formula is C25H33BO6. The molecule has 2 aliphatic rings. The summed E-state index contributed by atoms with van der Waals surface area (Å²) < 4.78 is 29.0. The van der Waals surface area contributed by atoms with Crippen LogP contribution >= 0.6 is 0 Å². The van der Waals surface area contributed by atoms with Crippen LogP contribution in [0.3, 0.4) is 0 Å². The van der Waals surface area contributed by atoms with Gasteiger partial charge in [0.15, 0.2) is 0 Å². The molecule has 0 unspecified atom stereocenters. The third-order valence-electron chi connectivity index (χ3n) is 6.78. The molecule has 6 nitrogen and oxygen atoms in total. The van der Waals surface area contributed by atoms with Crippen molar-refractivity contribution in [2.45, 2.75) is 64.8 Å². The molecule has 2 aromatic rings. The number of esters is 1. The van der Waals surface area contributed by atoms with Gasteiger partial charge in [0.1, 0.15) is 12.4 Å². The molecule has 0 aromatic heterocycles. The summed E-state index contributed by atoms with van der Waals surface area (Å²) in [6.07, 6.45) is 1.60. The van der Waals surface area contributed by atoms with Crippen molar-refractivity contribution in [1.82, 2.24) is 0 Å². The van der Waals surface area contributed by atoms with Crippen LogP contribution in [0.2, 0.25) is 0 Å². The molecule has 0 radical (unpaired) electrons. The second-order valence-electron chi connectivity index (χ2n) is 9.62. The number of carbonyl (C=O) groups is 1. The van der Waals surface area contributed by atoms with Gasteiger partial charge in [-0.05, 0) is 75.8 Å². The van der Waals surface area contributed by atoms with Crippen LogP contribution in [0.15, 0.2) is 36.4 Å². The Morgan fingerprint density at radius 1 is 1.00 bits per heavy atom. The van der Waals surface area contributed by atoms with Crippen molar-refractivity contribution in [2.75, 3.05) is 19.8 Å². The molecule has 0 N–H and O–H groups in total. The molecular weight excluding hydrogens is 407 g/mol. The molecule has 1 aliphatic heterocycles. The zero-order valence-corrected chi connectivity index (χ0v) is 19.7. The minimum absolute atomic E-state index is 0.0107. The third kappa shape index (κ3) is 4.80. The lowest BCUT2D eigenvalue weighted by atomic mass is 9.78. The number of fused-ring (bicyclic) bond motifs is 1. The van der Waals surface area contributed by atoms with E-state index in [2.05, 4.69) is 45.9 Å². The van der Waals surface area contributed by atoms with Crippen molar-refractivity contribution in [3.8, 4) is 5.75 Å². The van der Waals surface area contributed by atoms with Gasteiger partial charge in [-0.15, -0.1) is 0 Å². The van der Waals surface area contributed by atoms with Crippen molar-refractivity contribution in [2.24, 2.45) is 5.92 Å². The van der Waals surface area contributed by atoms with Gasteiger partial charge >= 0.3 is 13.1 Å². The molecule has 2 fully saturated rings. The fraction of sp³-hybridized carbons (Fsp3) is 0.560. The first kappa shape index (κ1) is 23.1. The van der Waals surface area contributed by atoms with E-state index < -0.39 is 0 Å². The lowest BCUT2D eigenvalue weighted by Gasteiger charge is -2.33. The Morgan fingerprint density at radius 3 is 2.34 bits per heavy atom. The Kier molecular flexibility index (Phi) is 6.52. The highest BCUT2D eigenvalue weighted by Crippen LogP contribution is 2.36. The fourth-order valence-corrected chi connectivity index (χ4v) is 3.99. The summed E-state index contributed by atoms with van der Waals surface area (Å²) in [6.45, 7) is 11.5. The highest BCUT2D eigenvalue weighted by Gasteiger charge is 2.51. The Morgan fingerprint density at radius 2 is 1.66 bits per heavy atom. The molecule has 0 bridgehead atoms. The zero-order chi connectivity index (χ0) is 22.9. The van der Waals surface area contributed by atoms with Gasteiger partial charge in [0, 0.05) is 0 Å². The van der Waals surface area contributed by atoms with Crippen molar-refractivity contribution < 1.29 is 28.3 Å². The van der Waals surface area contributed by atoms with Crippen LogP contribution in [-0.2, 0) is 23.6 Å². The van der Waals surface area contributed by atoms with Crippen molar-refractivity contribution >= 4 is 29.3 Å². The van der Waals surface area contributed by atoms with Crippen LogP contribution in [0.25, 0.3) is 10.8 Å². The lowest BCUT2D eigenvalue weighted by molar-refractivity contribution is -0.157. The predicted molar refractivity (Wildman–Crippen MR) is 124 cm³/mol. The number of hydrogen-bond donors (Lipinski definition) is 0. The van der Waals surface area contributed by atoms with Crippen molar-refractivity contribution in [3.63, 3.8) is 0 Å². The molecule has 0 spiro atoms. The van der Waals surface area contributed by atoms with E-state index in [4.69, 9.17) is 23.5 Å². The molecule has 4 rings (SSSR count). The Labute approximate surface area is 190 Å². The topological polar surface area (TPSA) is 63.2 Å². The van der Waals surface area contributed by atoms with Gasteiger partial charge in [-0.2, -0.15) is 0 Å². The number of hydrogen-bond acceptors (Lipinski definition) is 6. The predicted octanol–water partition coefficient (Wildman–Crippen LogP) is 3.88. The summed E-state index contributed by atoms with van der Waals surface area (Å²) in [7, 11) is -0.368. The molecule has 1 heterocycles. The second-order valence-corrected chi connectivity index (χ2v) is 9.62. The van der Waals surface area contributed by atoms with E-state index in [0.717, 1.165) is 34.8 Å². The van der Waals surface area contributed by atoms with Gasteiger partial charge in [-0.3, -0.25) is 4.79 Å². The Balaban J connectivity index is 1.27. The summed E-state index contributed by atoms with van der Waals surface area (Å²) >= 11 is 0. The molecule has 0 amide bonds. The van der Waals surface area contributed by atoms with Gasteiger partial charge in [0.2, 0.25) is 0 Å². The van der Waals surface area contributed by atoms with E-state index >= 15 is 0 Å². The van der Waals surface area contributed by atoms with Crippen molar-refractivity contribution in [3.05, 3.63) is 36.4 Å². The summed E-state index contributed by atoms with van der Waals surface area (Å²) in [5.74, 6) is 0.687. The van der Waals surface area contributed by atoms with E-state index in [1.165, 1.54) is 0 Å². The SMILES string of the molecule is CCOC(=O)[C@H]1C[C@@H](OCCOc2ccc3cc(B4OC(C)(C)C(C)(C)O4)ccc3c2)C1. The maximum Gasteiger partial charge on any atom is 0.494 e. The standard InChI is InChI=1S/C25H33BO6/c1-6-28-23(27)19-15-22(16-19)30-12-11-29-21-10-8-17-13-20(9-7-18(17)14-21)26-31-24(2,3)25(4,5)32-26/h7-10,13-14,19,22H,6,11-12,15-16H2,1-5H3/t19-,22+. The van der Waals surface area contributed by atoms with Gasteiger partial charge in [0.25, 0.3) is 0 Å². The van der Waals surface area contributed by atoms with E-state index in [0.29, 0.717) is 19.8 Å². The average molecular weight is 440 g/mol. The monoisotopic (exact) mass is 440 g/mol. The van der Waals surface area contributed by atoms with Crippen LogP contribution in [0, 0.1) is 5.92 Å². The molecule has 7 heteroatoms. The van der Waals surface area contributed by atoms with Gasteiger partial charge in [-0.25, -0.2) is 0 Å². The minimum atomic E-state index is -0.368. The van der Waals surface area contributed by atoms with Crippen molar-refractivity contribution in [1.29, 1.82) is 0 Å². The van der Waals surface area contributed by atoms with E-state index in [1.54, 1.807) is 0 Å². The minimum Gasteiger partial charge on any atom is -0.491 e. The molecule has 0 atom stereocenters. The van der Waals surface area contributed by atoms with E-state index in [1.807, 2.05) is 25.1 Å². The maximum atomic E-state index is 11.6. The average Bonchev–Trinajstić information content (AvgIpc) is 2.93. The second kappa shape index (κ2) is 9.04. The summed E-state index contributed by atoms with van der Waals surface area (Å²) in [6, 6.07) is 12.3. The summed E-state index contributed by atoms with van der Waals surface area (Å²) in [4.78, 5) is 11.6. The maximum absolute atomic E-state index is 11.6. The zero-order valence-electron chi connectivity index (χ0n) is 19.7. The lowest BCUT2D eigenvalue weighted by Crippen LogP contribution is -2.41. The third-order valence-corrected chi connectivity index (χ3v) is 6.78. The first-order valence-corrected chi connectivity index (χ1v) is 11.5. The molecule has 1 saturated heterocycles. The smallest absolute Gasteiger partial charge is 0.491 e. The number of carbonyl (C=O) groups excluding carboxylic acids is 1. The van der Waals surface area contributed by atoms with Gasteiger partial charge in [0.05, 0.1) is 36.4 Å². The first-order valence-electron chi connectivity index (χ1n) is 11.5. The highest BCUT2D eigenvalue weighted by molar-refractivity contribution is 6.62. The van der Waals surface area contributed by atoms with E-state index in [9.17, 15) is 4.79 Å². The Hall–Kier alpha value is -2.09. The molecule has 32 heavy (non-hydrogen) atoms. The summed E-state index contributed by atoms with van der Waals surface area (Å²) in [5.41, 5.74) is 0.303. The highest BCUT2D eigenvalue weighted by atomic mass is 16.7. The first-order chi connectivity index (χ1) is 15.2. The number of benzene rings is 2. The number of ether oxygens (including phenoxy) is 3. The molecule has 2 aromatic carbocycles. The quantitative estimate of drug-likeness (QED) is 0.353. The largest absolute Gasteiger partial charge is 0.494 e. The Bertz CT molecular complexity index is 950. The summed E-state index contributed by atoms with van der Waals surface area (Å²) in [5, 5.41) is 2.21. The van der Waals surface area contributed by atoms with Gasteiger partial charge in [-0.1, -0.05) is 24.3 Å². The number of rotatable bonds is 8. The molecule has 1 saturated carbocycles. The molecule has 172 valence electrons. The van der Waals surface area contributed by atoms with Crippen LogP contribution in [0.4, 0.5) is 0 Å². The van der Waals surface area contributed by atoms with E-state index in [-0.39, 0.29) is 36.3 Å². The van der Waals surface area contributed by atoms with Crippen LogP contribution in [0.5, 0.6) is 5.75 Å². The fourth-order valence-electron chi connectivity index (χ4n) is 3.99.